The van der Waals surface area contributed by atoms with E-state index in [2.05, 4.69) is 5.32 Å². The Morgan fingerprint density at radius 1 is 0.900 bits per heavy atom. The minimum absolute atomic E-state index is 0.0256. The number of sulfonamides is 1. The van der Waals surface area contributed by atoms with Crippen LogP contribution in [0.4, 0.5) is 5.69 Å². The minimum Gasteiger partial charge on any atom is -0.497 e. The van der Waals surface area contributed by atoms with Crippen molar-refractivity contribution in [2.75, 3.05) is 25.1 Å². The largest absolute Gasteiger partial charge is 0.497 e. The lowest BCUT2D eigenvalue weighted by atomic mass is 10.1. The molecule has 0 fully saturated rings. The number of hydrogen-bond acceptors (Lipinski definition) is 6. The summed E-state index contributed by atoms with van der Waals surface area (Å²) in [6.07, 6.45) is 0.328. The molecule has 0 bridgehead atoms. The van der Waals surface area contributed by atoms with Gasteiger partial charge in [0.05, 0.1) is 24.8 Å². The lowest BCUT2D eigenvalue weighted by molar-refractivity contribution is -0.140. The van der Waals surface area contributed by atoms with Gasteiger partial charge in [-0.3, -0.25) is 13.9 Å². The summed E-state index contributed by atoms with van der Waals surface area (Å²) in [7, 11) is -1.20. The van der Waals surface area contributed by atoms with Gasteiger partial charge in [-0.15, -0.1) is 0 Å². The summed E-state index contributed by atoms with van der Waals surface area (Å²) in [5.41, 5.74) is 0.946. The van der Waals surface area contributed by atoms with E-state index < -0.39 is 28.5 Å². The van der Waals surface area contributed by atoms with E-state index in [0.29, 0.717) is 17.9 Å². The monoisotopic (exact) mass is 567 g/mol. The van der Waals surface area contributed by atoms with Crippen LogP contribution in [0.5, 0.6) is 11.5 Å². The number of nitrogens with zero attached hydrogens (tertiary/aromatic N) is 2. The Morgan fingerprint density at radius 2 is 1.57 bits per heavy atom. The first-order chi connectivity index (χ1) is 19.1. The van der Waals surface area contributed by atoms with Gasteiger partial charge in [0.25, 0.3) is 10.0 Å². The van der Waals surface area contributed by atoms with Gasteiger partial charge in [-0.05, 0) is 62.2 Å². The molecule has 1 atom stereocenters. The fourth-order valence-corrected chi connectivity index (χ4v) is 5.78. The van der Waals surface area contributed by atoms with E-state index >= 15 is 0 Å². The van der Waals surface area contributed by atoms with Crippen molar-refractivity contribution in [3.05, 3.63) is 84.4 Å². The van der Waals surface area contributed by atoms with E-state index in [4.69, 9.17) is 9.47 Å². The van der Waals surface area contributed by atoms with Crippen LogP contribution in [-0.2, 0) is 26.2 Å². The third kappa shape index (κ3) is 7.32. The van der Waals surface area contributed by atoms with Crippen molar-refractivity contribution in [2.24, 2.45) is 0 Å². The van der Waals surface area contributed by atoms with Crippen LogP contribution in [0.25, 0.3) is 0 Å². The summed E-state index contributed by atoms with van der Waals surface area (Å²) in [4.78, 5) is 28.8. The summed E-state index contributed by atoms with van der Waals surface area (Å²) in [6, 6.07) is 20.7. The molecule has 0 aliphatic carbocycles. The number of benzene rings is 3. The van der Waals surface area contributed by atoms with Crippen LogP contribution < -0.4 is 19.1 Å². The summed E-state index contributed by atoms with van der Waals surface area (Å²) in [5.74, 6) is 0.0353. The van der Waals surface area contributed by atoms with Gasteiger partial charge in [0.15, 0.2) is 0 Å². The molecule has 3 aromatic rings. The number of rotatable bonds is 13. The van der Waals surface area contributed by atoms with E-state index in [0.717, 1.165) is 9.87 Å². The summed E-state index contributed by atoms with van der Waals surface area (Å²) in [6.45, 7) is 5.02. The molecule has 2 amide bonds. The van der Waals surface area contributed by atoms with Gasteiger partial charge in [-0.1, -0.05) is 49.4 Å². The van der Waals surface area contributed by atoms with Crippen molar-refractivity contribution >= 4 is 27.5 Å². The number of amides is 2. The van der Waals surface area contributed by atoms with Gasteiger partial charge in [0.1, 0.15) is 24.1 Å². The van der Waals surface area contributed by atoms with Crippen LogP contribution in [0.15, 0.2) is 83.8 Å². The van der Waals surface area contributed by atoms with Gasteiger partial charge in [0, 0.05) is 12.6 Å². The summed E-state index contributed by atoms with van der Waals surface area (Å²) >= 11 is 0. The number of para-hydroxylation sites is 2. The van der Waals surface area contributed by atoms with Crippen molar-refractivity contribution in [1.29, 1.82) is 0 Å². The number of hydrogen-bond donors (Lipinski definition) is 1. The standard InChI is InChI=1S/C30H37N3O6S/c1-6-26(30(35)31-22(2)3)32(20-23-13-12-14-24(19-23)38-4)29(34)21-33(27-17-10-11-18-28(27)39-5)40(36,37)25-15-8-7-9-16-25/h7-19,22,26H,6,20-21H2,1-5H3,(H,31,35)/t26-/m1/s1. The molecular formula is C30H37N3O6S. The molecule has 0 radical (unpaired) electrons. The Labute approximate surface area is 236 Å². The van der Waals surface area contributed by atoms with Crippen molar-refractivity contribution in [2.45, 2.75) is 50.7 Å². The first kappa shape index (κ1) is 30.5. The van der Waals surface area contributed by atoms with Crippen LogP contribution in [0, 0.1) is 0 Å². The zero-order valence-corrected chi connectivity index (χ0v) is 24.4. The van der Waals surface area contributed by atoms with E-state index in [9.17, 15) is 18.0 Å². The predicted octanol–water partition coefficient (Wildman–Crippen LogP) is 4.23. The molecule has 40 heavy (non-hydrogen) atoms. The van der Waals surface area contributed by atoms with E-state index in [1.165, 1.54) is 24.1 Å². The second-order valence-corrected chi connectivity index (χ2v) is 11.3. The first-order valence-electron chi connectivity index (χ1n) is 13.1. The fraction of sp³-hybridized carbons (Fsp3) is 0.333. The molecule has 0 saturated heterocycles. The highest BCUT2D eigenvalue weighted by molar-refractivity contribution is 7.92. The Bertz CT molecular complexity index is 1400. The average Bonchev–Trinajstić information content (AvgIpc) is 2.95. The number of anilines is 1. The maximum absolute atomic E-state index is 14.1. The maximum atomic E-state index is 14.1. The maximum Gasteiger partial charge on any atom is 0.264 e. The van der Waals surface area contributed by atoms with Crippen LogP contribution in [-0.4, -0.2) is 58.0 Å². The molecule has 10 heteroatoms. The molecular weight excluding hydrogens is 530 g/mol. The number of methoxy groups -OCH3 is 2. The number of nitrogens with one attached hydrogen (secondary N) is 1. The second kappa shape index (κ2) is 13.8. The van der Waals surface area contributed by atoms with Crippen molar-refractivity contribution in [1.82, 2.24) is 10.2 Å². The van der Waals surface area contributed by atoms with E-state index in [1.807, 2.05) is 26.8 Å². The smallest absolute Gasteiger partial charge is 0.264 e. The van der Waals surface area contributed by atoms with E-state index in [1.54, 1.807) is 67.8 Å². The molecule has 0 aromatic heterocycles. The van der Waals surface area contributed by atoms with Crippen molar-refractivity contribution < 1.29 is 27.5 Å². The van der Waals surface area contributed by atoms with Crippen LogP contribution in [0.2, 0.25) is 0 Å². The molecule has 0 unspecified atom stereocenters. The van der Waals surface area contributed by atoms with Crippen LogP contribution >= 0.6 is 0 Å². The molecule has 0 heterocycles. The van der Waals surface area contributed by atoms with Gasteiger partial charge in [-0.25, -0.2) is 8.42 Å². The Morgan fingerprint density at radius 3 is 2.20 bits per heavy atom. The molecule has 0 saturated carbocycles. The van der Waals surface area contributed by atoms with Crippen LogP contribution in [0.3, 0.4) is 0 Å². The molecule has 1 N–H and O–H groups in total. The topological polar surface area (TPSA) is 105 Å². The SMILES string of the molecule is CC[C@H](C(=O)NC(C)C)N(Cc1cccc(OC)c1)C(=O)CN(c1ccccc1OC)S(=O)(=O)c1ccccc1. The molecule has 0 aliphatic rings. The first-order valence-corrected chi connectivity index (χ1v) is 14.5. The zero-order chi connectivity index (χ0) is 29.3. The lowest BCUT2D eigenvalue weighted by Crippen LogP contribution is -2.53. The predicted molar refractivity (Wildman–Crippen MR) is 155 cm³/mol. The highest BCUT2D eigenvalue weighted by Gasteiger charge is 2.34. The molecule has 3 rings (SSSR count). The normalized spacial score (nSPS) is 11.9. The summed E-state index contributed by atoms with van der Waals surface area (Å²) in [5, 5.41) is 2.89. The second-order valence-electron chi connectivity index (χ2n) is 9.46. The van der Waals surface area contributed by atoms with Crippen molar-refractivity contribution in [3.63, 3.8) is 0 Å². The zero-order valence-electron chi connectivity index (χ0n) is 23.5. The third-order valence-corrected chi connectivity index (χ3v) is 8.04. The molecule has 0 spiro atoms. The summed E-state index contributed by atoms with van der Waals surface area (Å²) < 4.78 is 39.7. The van der Waals surface area contributed by atoms with E-state index in [-0.39, 0.29) is 29.1 Å². The Hall–Kier alpha value is -4.05. The van der Waals surface area contributed by atoms with Gasteiger partial charge < -0.3 is 19.7 Å². The lowest BCUT2D eigenvalue weighted by Gasteiger charge is -2.34. The quantitative estimate of drug-likeness (QED) is 0.332. The highest BCUT2D eigenvalue weighted by Crippen LogP contribution is 2.32. The van der Waals surface area contributed by atoms with Crippen LogP contribution in [0.1, 0.15) is 32.8 Å². The Kier molecular flexibility index (Phi) is 10.6. The Balaban J connectivity index is 2.10. The van der Waals surface area contributed by atoms with Gasteiger partial charge in [-0.2, -0.15) is 0 Å². The molecule has 9 nitrogen and oxygen atoms in total. The highest BCUT2D eigenvalue weighted by atomic mass is 32.2. The molecule has 214 valence electrons. The number of carbonyl (C=O) groups excluding carboxylic acids is 2. The average molecular weight is 568 g/mol. The minimum atomic E-state index is -4.19. The number of carbonyl (C=O) groups is 2. The molecule has 0 aliphatic heterocycles. The van der Waals surface area contributed by atoms with Gasteiger partial charge in [0.2, 0.25) is 11.8 Å². The number of ether oxygens (including phenoxy) is 2. The fourth-order valence-electron chi connectivity index (χ4n) is 4.34. The molecule has 3 aromatic carbocycles. The third-order valence-electron chi connectivity index (χ3n) is 6.27. The van der Waals surface area contributed by atoms with Gasteiger partial charge >= 0.3 is 0 Å². The van der Waals surface area contributed by atoms with Crippen molar-refractivity contribution in [3.8, 4) is 11.5 Å².